The summed E-state index contributed by atoms with van der Waals surface area (Å²) >= 11 is 0. The van der Waals surface area contributed by atoms with Crippen LogP contribution in [0.3, 0.4) is 0 Å². The molecule has 1 aromatic heterocycles. The first-order valence-corrected chi connectivity index (χ1v) is 3.84. The van der Waals surface area contributed by atoms with Gasteiger partial charge in [-0.15, -0.1) is 0 Å². The molecule has 0 aromatic carbocycles. The van der Waals surface area contributed by atoms with E-state index in [9.17, 15) is 0 Å². The second-order valence-electron chi connectivity index (χ2n) is 2.42. The molecule has 12 heavy (non-hydrogen) atoms. The van der Waals surface area contributed by atoms with Crippen LogP contribution in [0.1, 0.15) is 12.1 Å². The van der Waals surface area contributed by atoms with Gasteiger partial charge in [0.15, 0.2) is 0 Å². The summed E-state index contributed by atoms with van der Waals surface area (Å²) < 4.78 is 0. The minimum absolute atomic E-state index is 0.186. The zero-order valence-corrected chi connectivity index (χ0v) is 6.77. The third-order valence-electron chi connectivity index (χ3n) is 1.39. The smallest absolute Gasteiger partial charge is 0.133 e. The van der Waals surface area contributed by atoms with Crippen molar-refractivity contribution in [1.29, 1.82) is 0 Å². The highest BCUT2D eigenvalue weighted by Gasteiger charge is 1.87. The molecule has 0 spiro atoms. The van der Waals surface area contributed by atoms with E-state index < -0.39 is 0 Å². The number of rotatable bonds is 3. The first kappa shape index (κ1) is 8.74. The van der Waals surface area contributed by atoms with Crippen LogP contribution in [0.15, 0.2) is 24.4 Å². The second-order valence-corrected chi connectivity index (χ2v) is 2.42. The molecule has 3 N–H and O–H groups in total. The largest absolute Gasteiger partial charge is 0.506 e. The molecule has 1 rings (SSSR count). The van der Waals surface area contributed by atoms with E-state index in [4.69, 9.17) is 10.8 Å². The molecule has 1 aromatic rings. The molecule has 0 amide bonds. The van der Waals surface area contributed by atoms with Crippen molar-refractivity contribution in [3.05, 3.63) is 30.1 Å². The first-order valence-electron chi connectivity index (χ1n) is 3.84. The standard InChI is InChI=1S/C9H12N2O/c10-6-2-1-3-8-4-5-9(12)7-11-8/h1,3-5,7,12H,2,6,10H2. The maximum Gasteiger partial charge on any atom is 0.133 e. The SMILES string of the molecule is NCCC=Cc1ccc(O)cn1. The highest BCUT2D eigenvalue weighted by Crippen LogP contribution is 2.06. The monoisotopic (exact) mass is 164 g/mol. The highest BCUT2D eigenvalue weighted by molar-refractivity contribution is 5.44. The molecule has 0 aliphatic carbocycles. The molecular formula is C9H12N2O. The molecule has 0 bridgehead atoms. The number of hydrogen-bond donors (Lipinski definition) is 2. The van der Waals surface area contributed by atoms with Gasteiger partial charge in [0.1, 0.15) is 5.75 Å². The number of aromatic hydroxyl groups is 1. The molecule has 0 aliphatic heterocycles. The fraction of sp³-hybridized carbons (Fsp3) is 0.222. The molecule has 64 valence electrons. The minimum atomic E-state index is 0.186. The molecule has 0 atom stereocenters. The maximum atomic E-state index is 8.92. The molecule has 0 fully saturated rings. The second kappa shape index (κ2) is 4.51. The lowest BCUT2D eigenvalue weighted by Crippen LogP contribution is -1.95. The van der Waals surface area contributed by atoms with Crippen LogP contribution < -0.4 is 5.73 Å². The van der Waals surface area contributed by atoms with E-state index in [2.05, 4.69) is 4.98 Å². The number of hydrogen-bond acceptors (Lipinski definition) is 3. The summed E-state index contributed by atoms with van der Waals surface area (Å²) in [5.74, 6) is 0.186. The molecule has 0 saturated carbocycles. The van der Waals surface area contributed by atoms with Crippen LogP contribution in [0.5, 0.6) is 5.75 Å². The summed E-state index contributed by atoms with van der Waals surface area (Å²) in [6.45, 7) is 0.647. The van der Waals surface area contributed by atoms with Gasteiger partial charge in [-0.1, -0.05) is 6.08 Å². The van der Waals surface area contributed by atoms with E-state index in [1.54, 1.807) is 12.1 Å². The van der Waals surface area contributed by atoms with Crippen molar-refractivity contribution in [1.82, 2.24) is 4.98 Å². The van der Waals surface area contributed by atoms with E-state index >= 15 is 0 Å². The third kappa shape index (κ3) is 2.72. The van der Waals surface area contributed by atoms with E-state index in [1.165, 1.54) is 6.20 Å². The van der Waals surface area contributed by atoms with Crippen LogP contribution >= 0.6 is 0 Å². The Labute approximate surface area is 71.6 Å². The van der Waals surface area contributed by atoms with Gasteiger partial charge in [0.25, 0.3) is 0 Å². The molecule has 3 nitrogen and oxygen atoms in total. The lowest BCUT2D eigenvalue weighted by Gasteiger charge is -1.92. The summed E-state index contributed by atoms with van der Waals surface area (Å²) in [7, 11) is 0. The average molecular weight is 164 g/mol. The lowest BCUT2D eigenvalue weighted by atomic mass is 10.3. The van der Waals surface area contributed by atoms with Crippen molar-refractivity contribution >= 4 is 6.08 Å². The van der Waals surface area contributed by atoms with Gasteiger partial charge in [-0.25, -0.2) is 0 Å². The summed E-state index contributed by atoms with van der Waals surface area (Å²) in [5, 5.41) is 8.92. The Balaban J connectivity index is 2.58. The summed E-state index contributed by atoms with van der Waals surface area (Å²) in [4.78, 5) is 3.97. The fourth-order valence-electron chi connectivity index (χ4n) is 0.796. The van der Waals surface area contributed by atoms with Crippen molar-refractivity contribution in [2.75, 3.05) is 6.54 Å². The molecule has 3 heteroatoms. The van der Waals surface area contributed by atoms with Crippen LogP contribution in [0.4, 0.5) is 0 Å². The first-order chi connectivity index (χ1) is 5.83. The molecule has 0 unspecified atom stereocenters. The normalized spacial score (nSPS) is 10.8. The summed E-state index contributed by atoms with van der Waals surface area (Å²) in [6, 6.07) is 3.36. The number of nitrogens with zero attached hydrogens (tertiary/aromatic N) is 1. The van der Waals surface area contributed by atoms with Crippen molar-refractivity contribution < 1.29 is 5.11 Å². The van der Waals surface area contributed by atoms with Gasteiger partial charge in [0.2, 0.25) is 0 Å². The Bertz CT molecular complexity index is 254. The van der Waals surface area contributed by atoms with E-state index in [0.717, 1.165) is 12.1 Å². The van der Waals surface area contributed by atoms with Crippen molar-refractivity contribution in [3.63, 3.8) is 0 Å². The Morgan fingerprint density at radius 3 is 2.92 bits per heavy atom. The van der Waals surface area contributed by atoms with Gasteiger partial charge in [-0.05, 0) is 31.2 Å². The van der Waals surface area contributed by atoms with Crippen LogP contribution in [0.25, 0.3) is 6.08 Å². The Morgan fingerprint density at radius 2 is 2.33 bits per heavy atom. The number of aromatic nitrogens is 1. The number of pyridine rings is 1. The lowest BCUT2D eigenvalue weighted by molar-refractivity contribution is 0.472. The van der Waals surface area contributed by atoms with Gasteiger partial charge < -0.3 is 10.8 Å². The van der Waals surface area contributed by atoms with Crippen molar-refractivity contribution in [2.24, 2.45) is 5.73 Å². The topological polar surface area (TPSA) is 59.1 Å². The minimum Gasteiger partial charge on any atom is -0.506 e. The molecule has 0 radical (unpaired) electrons. The molecule has 0 aliphatic rings. The molecule has 0 saturated heterocycles. The molecular weight excluding hydrogens is 152 g/mol. The van der Waals surface area contributed by atoms with E-state index in [0.29, 0.717) is 6.54 Å². The van der Waals surface area contributed by atoms with Gasteiger partial charge in [-0.3, -0.25) is 4.98 Å². The Hall–Kier alpha value is -1.35. The van der Waals surface area contributed by atoms with E-state index in [1.807, 2.05) is 12.2 Å². The van der Waals surface area contributed by atoms with E-state index in [-0.39, 0.29) is 5.75 Å². The van der Waals surface area contributed by atoms with Crippen LogP contribution in [-0.4, -0.2) is 16.6 Å². The quantitative estimate of drug-likeness (QED) is 0.704. The fourth-order valence-corrected chi connectivity index (χ4v) is 0.796. The van der Waals surface area contributed by atoms with Gasteiger partial charge in [0.05, 0.1) is 11.9 Å². The van der Waals surface area contributed by atoms with Crippen LogP contribution in [-0.2, 0) is 0 Å². The highest BCUT2D eigenvalue weighted by atomic mass is 16.3. The zero-order valence-electron chi connectivity index (χ0n) is 6.77. The van der Waals surface area contributed by atoms with Gasteiger partial charge >= 0.3 is 0 Å². The summed E-state index contributed by atoms with van der Waals surface area (Å²) in [6.07, 6.45) is 6.11. The summed E-state index contributed by atoms with van der Waals surface area (Å²) in [5.41, 5.74) is 6.14. The van der Waals surface area contributed by atoms with Crippen LogP contribution in [0.2, 0.25) is 0 Å². The van der Waals surface area contributed by atoms with Gasteiger partial charge in [0, 0.05) is 0 Å². The van der Waals surface area contributed by atoms with Crippen LogP contribution in [0, 0.1) is 0 Å². The third-order valence-corrected chi connectivity index (χ3v) is 1.39. The van der Waals surface area contributed by atoms with Crippen molar-refractivity contribution in [3.8, 4) is 5.75 Å². The predicted octanol–water partition coefficient (Wildman–Crippen LogP) is 1.15. The Kier molecular flexibility index (Phi) is 3.29. The predicted molar refractivity (Wildman–Crippen MR) is 48.6 cm³/mol. The molecule has 1 heterocycles. The van der Waals surface area contributed by atoms with Crippen molar-refractivity contribution in [2.45, 2.75) is 6.42 Å². The number of nitrogens with two attached hydrogens (primary N) is 1. The average Bonchev–Trinajstić information content (AvgIpc) is 2.09. The maximum absolute atomic E-state index is 8.92. The van der Waals surface area contributed by atoms with Gasteiger partial charge in [-0.2, -0.15) is 0 Å². The zero-order chi connectivity index (χ0) is 8.81. The Morgan fingerprint density at radius 1 is 1.50 bits per heavy atom.